The summed E-state index contributed by atoms with van der Waals surface area (Å²) in [5, 5.41) is 3.98. The summed E-state index contributed by atoms with van der Waals surface area (Å²) in [7, 11) is -1.57. The second kappa shape index (κ2) is 8.55. The Morgan fingerprint density at radius 3 is 2.48 bits per heavy atom. The predicted octanol–water partition coefficient (Wildman–Crippen LogP) is 3.49. The molecule has 0 unspecified atom stereocenters. The third kappa shape index (κ3) is 4.80. The van der Waals surface area contributed by atoms with Crippen LogP contribution in [0.5, 0.6) is 5.75 Å². The molecule has 2 aromatic carbocycles. The molecule has 8 heteroatoms. The van der Waals surface area contributed by atoms with Crippen LogP contribution in [0.4, 0.5) is 0 Å². The molecule has 0 spiro atoms. The van der Waals surface area contributed by atoms with E-state index in [0.717, 1.165) is 16.7 Å². The molecule has 162 valence electrons. The molecule has 1 saturated heterocycles. The lowest BCUT2D eigenvalue weighted by Gasteiger charge is -2.27. The molecule has 1 aliphatic heterocycles. The normalized spacial score (nSPS) is 17.4. The lowest BCUT2D eigenvalue weighted by atomic mass is 10.1. The van der Waals surface area contributed by atoms with Crippen LogP contribution in [-0.4, -0.2) is 49.0 Å². The number of rotatable bonds is 6. The Kier molecular flexibility index (Phi) is 5.82. The number of amides is 1. The number of hydrogen-bond donors (Lipinski definition) is 0. The third-order valence-corrected chi connectivity index (χ3v) is 7.24. The van der Waals surface area contributed by atoms with Crippen molar-refractivity contribution in [3.8, 4) is 17.1 Å². The molecule has 31 heavy (non-hydrogen) atoms. The summed E-state index contributed by atoms with van der Waals surface area (Å²) in [6.45, 7) is 2.27. The van der Waals surface area contributed by atoms with E-state index >= 15 is 0 Å². The lowest BCUT2D eigenvalue weighted by molar-refractivity contribution is 0.0670. The quantitative estimate of drug-likeness (QED) is 0.583. The standard InChI is InChI=1S/C23H24N2O5S/c1-16-3-7-18(8-4-16)22-13-21(24-30-22)23(26)25(19-11-12-31(27,28)15-19)14-17-5-9-20(29-2)10-6-17/h3-10,13,19H,11-12,14-15H2,1-2H3/t19-/m1/s1. The van der Waals surface area contributed by atoms with Crippen LogP contribution < -0.4 is 4.74 Å². The molecule has 0 aliphatic carbocycles. The summed E-state index contributed by atoms with van der Waals surface area (Å²) < 4.78 is 34.7. The fourth-order valence-electron chi connectivity index (χ4n) is 3.69. The molecule has 0 saturated carbocycles. The lowest BCUT2D eigenvalue weighted by Crippen LogP contribution is -2.40. The second-order valence-corrected chi connectivity index (χ2v) is 10.0. The van der Waals surface area contributed by atoms with Gasteiger partial charge in [0.1, 0.15) is 5.75 Å². The van der Waals surface area contributed by atoms with Gasteiger partial charge in [0.15, 0.2) is 21.3 Å². The van der Waals surface area contributed by atoms with Gasteiger partial charge in [0.05, 0.1) is 18.6 Å². The predicted molar refractivity (Wildman–Crippen MR) is 117 cm³/mol. The van der Waals surface area contributed by atoms with E-state index in [9.17, 15) is 13.2 Å². The smallest absolute Gasteiger partial charge is 0.276 e. The Labute approximate surface area is 181 Å². The number of aryl methyl sites for hydroxylation is 1. The van der Waals surface area contributed by atoms with Crippen LogP contribution in [0.2, 0.25) is 0 Å². The zero-order chi connectivity index (χ0) is 22.0. The van der Waals surface area contributed by atoms with E-state index in [4.69, 9.17) is 9.26 Å². The van der Waals surface area contributed by atoms with Gasteiger partial charge in [0, 0.05) is 24.2 Å². The minimum atomic E-state index is -3.16. The van der Waals surface area contributed by atoms with Crippen molar-refractivity contribution in [1.29, 1.82) is 0 Å². The number of ether oxygens (including phenoxy) is 1. The Morgan fingerprint density at radius 2 is 1.87 bits per heavy atom. The molecule has 0 radical (unpaired) electrons. The van der Waals surface area contributed by atoms with Gasteiger partial charge in [-0.25, -0.2) is 8.42 Å². The fourth-order valence-corrected chi connectivity index (χ4v) is 5.42. The van der Waals surface area contributed by atoms with Crippen molar-refractivity contribution in [2.75, 3.05) is 18.6 Å². The molecule has 0 bridgehead atoms. The molecule has 1 aromatic heterocycles. The first-order chi connectivity index (χ1) is 14.8. The maximum atomic E-state index is 13.4. The SMILES string of the molecule is COc1ccc(CN(C(=O)c2cc(-c3ccc(C)cc3)on2)[C@@H]2CCS(=O)(=O)C2)cc1. The summed E-state index contributed by atoms with van der Waals surface area (Å²) in [5.74, 6) is 0.894. The first-order valence-electron chi connectivity index (χ1n) is 10.0. The van der Waals surface area contributed by atoms with Gasteiger partial charge in [-0.05, 0) is 31.0 Å². The number of hydrogen-bond acceptors (Lipinski definition) is 6. The molecule has 0 N–H and O–H groups in total. The van der Waals surface area contributed by atoms with E-state index in [1.54, 1.807) is 18.1 Å². The molecular weight excluding hydrogens is 416 g/mol. The highest BCUT2D eigenvalue weighted by Crippen LogP contribution is 2.25. The Morgan fingerprint density at radius 1 is 1.16 bits per heavy atom. The molecule has 3 aromatic rings. The van der Waals surface area contributed by atoms with Crippen LogP contribution >= 0.6 is 0 Å². The monoisotopic (exact) mass is 440 g/mol. The maximum absolute atomic E-state index is 13.4. The molecule has 1 fully saturated rings. The van der Waals surface area contributed by atoms with Crippen LogP contribution in [0.3, 0.4) is 0 Å². The Hall–Kier alpha value is -3.13. The van der Waals surface area contributed by atoms with Gasteiger partial charge in [-0.15, -0.1) is 0 Å². The van der Waals surface area contributed by atoms with Gasteiger partial charge in [-0.2, -0.15) is 0 Å². The number of methoxy groups -OCH3 is 1. The van der Waals surface area contributed by atoms with E-state index in [1.807, 2.05) is 55.5 Å². The molecule has 4 rings (SSSR count). The minimum absolute atomic E-state index is 0.0441. The van der Waals surface area contributed by atoms with Gasteiger partial charge in [0.25, 0.3) is 5.91 Å². The van der Waals surface area contributed by atoms with Crippen molar-refractivity contribution in [2.45, 2.75) is 25.9 Å². The summed E-state index contributed by atoms with van der Waals surface area (Å²) >= 11 is 0. The molecule has 2 heterocycles. The highest BCUT2D eigenvalue weighted by atomic mass is 32.2. The molecule has 1 atom stereocenters. The van der Waals surface area contributed by atoms with Crippen LogP contribution in [0, 0.1) is 6.92 Å². The van der Waals surface area contributed by atoms with Gasteiger partial charge in [-0.1, -0.05) is 47.1 Å². The number of aromatic nitrogens is 1. The minimum Gasteiger partial charge on any atom is -0.497 e. The zero-order valence-corrected chi connectivity index (χ0v) is 18.3. The first kappa shape index (κ1) is 21.1. The summed E-state index contributed by atoms with van der Waals surface area (Å²) in [4.78, 5) is 14.9. The maximum Gasteiger partial charge on any atom is 0.276 e. The molecule has 1 amide bonds. The number of benzene rings is 2. The van der Waals surface area contributed by atoms with E-state index in [0.29, 0.717) is 17.9 Å². The largest absolute Gasteiger partial charge is 0.497 e. The average Bonchev–Trinajstić information content (AvgIpc) is 3.39. The number of carbonyl (C=O) groups excluding carboxylic acids is 1. The Bertz CT molecular complexity index is 1170. The summed E-state index contributed by atoms with van der Waals surface area (Å²) in [5.41, 5.74) is 2.98. The van der Waals surface area contributed by atoms with E-state index in [2.05, 4.69) is 5.16 Å². The van der Waals surface area contributed by atoms with Crippen molar-refractivity contribution >= 4 is 15.7 Å². The summed E-state index contributed by atoms with van der Waals surface area (Å²) in [6, 6.07) is 16.3. The van der Waals surface area contributed by atoms with Crippen LogP contribution in [0.1, 0.15) is 28.0 Å². The van der Waals surface area contributed by atoms with Crippen molar-refractivity contribution in [2.24, 2.45) is 0 Å². The van der Waals surface area contributed by atoms with E-state index in [1.165, 1.54) is 0 Å². The van der Waals surface area contributed by atoms with Crippen LogP contribution in [0.15, 0.2) is 59.1 Å². The molecule has 1 aliphatic rings. The number of nitrogens with zero attached hydrogens (tertiary/aromatic N) is 2. The average molecular weight is 441 g/mol. The third-order valence-electron chi connectivity index (χ3n) is 5.49. The fraction of sp³-hybridized carbons (Fsp3) is 0.304. The van der Waals surface area contributed by atoms with E-state index in [-0.39, 0.29) is 29.7 Å². The van der Waals surface area contributed by atoms with Gasteiger partial charge < -0.3 is 14.2 Å². The summed E-state index contributed by atoms with van der Waals surface area (Å²) in [6.07, 6.45) is 0.410. The highest BCUT2D eigenvalue weighted by Gasteiger charge is 2.36. The topological polar surface area (TPSA) is 89.7 Å². The van der Waals surface area contributed by atoms with Crippen LogP contribution in [-0.2, 0) is 16.4 Å². The number of sulfone groups is 1. The van der Waals surface area contributed by atoms with Gasteiger partial charge >= 0.3 is 0 Å². The van der Waals surface area contributed by atoms with E-state index < -0.39 is 15.9 Å². The highest BCUT2D eigenvalue weighted by molar-refractivity contribution is 7.91. The zero-order valence-electron chi connectivity index (χ0n) is 17.4. The van der Waals surface area contributed by atoms with Gasteiger partial charge in [-0.3, -0.25) is 4.79 Å². The number of carbonyl (C=O) groups is 1. The van der Waals surface area contributed by atoms with Crippen LogP contribution in [0.25, 0.3) is 11.3 Å². The van der Waals surface area contributed by atoms with Gasteiger partial charge in [0.2, 0.25) is 0 Å². The first-order valence-corrected chi connectivity index (χ1v) is 11.8. The van der Waals surface area contributed by atoms with Crippen molar-refractivity contribution in [3.63, 3.8) is 0 Å². The molecular formula is C23H24N2O5S. The van der Waals surface area contributed by atoms with Crippen molar-refractivity contribution < 1.29 is 22.5 Å². The van der Waals surface area contributed by atoms with Crippen molar-refractivity contribution in [1.82, 2.24) is 10.1 Å². The molecule has 7 nitrogen and oxygen atoms in total. The second-order valence-electron chi connectivity index (χ2n) is 7.78. The Balaban J connectivity index is 1.61. The van der Waals surface area contributed by atoms with Crippen molar-refractivity contribution in [3.05, 3.63) is 71.4 Å².